The van der Waals surface area contributed by atoms with Crippen molar-refractivity contribution < 1.29 is 9.53 Å². The van der Waals surface area contributed by atoms with Crippen molar-refractivity contribution >= 4 is 11.7 Å². The second-order valence-electron chi connectivity index (χ2n) is 3.66. The Labute approximate surface area is 95.2 Å². The van der Waals surface area contributed by atoms with Gasteiger partial charge >= 0.3 is 5.97 Å². The van der Waals surface area contributed by atoms with Crippen molar-refractivity contribution in [3.8, 4) is 0 Å². The Balaban J connectivity index is 2.52. The Morgan fingerprint density at radius 1 is 1.50 bits per heavy atom. The molecule has 0 aromatic heterocycles. The highest BCUT2D eigenvalue weighted by Gasteiger charge is 2.07. The van der Waals surface area contributed by atoms with E-state index in [1.165, 1.54) is 0 Å². The molecule has 1 rings (SSSR count). The number of likely N-dealkylation sites (N-methyl/N-ethyl adjacent to an activating group) is 1. The molecule has 5 heteroatoms. The van der Waals surface area contributed by atoms with Gasteiger partial charge in [0.1, 0.15) is 6.61 Å². The zero-order valence-electron chi connectivity index (χ0n) is 9.56. The molecule has 0 atom stereocenters. The number of hydrazine groups is 1. The Kier molecular flexibility index (Phi) is 4.75. The van der Waals surface area contributed by atoms with Crippen LogP contribution in [0.25, 0.3) is 0 Å². The minimum absolute atomic E-state index is 0.334. The summed E-state index contributed by atoms with van der Waals surface area (Å²) in [6, 6.07) is 6.87. The maximum Gasteiger partial charge on any atom is 0.338 e. The van der Waals surface area contributed by atoms with E-state index in [9.17, 15) is 4.79 Å². The smallest absolute Gasteiger partial charge is 0.338 e. The average molecular weight is 223 g/mol. The Morgan fingerprint density at radius 2 is 2.25 bits per heavy atom. The number of nitrogen functional groups attached to an aromatic ring is 1. The van der Waals surface area contributed by atoms with Gasteiger partial charge in [-0.3, -0.25) is 5.84 Å². The monoisotopic (exact) mass is 223 g/mol. The quantitative estimate of drug-likeness (QED) is 0.437. The molecule has 0 aliphatic heterocycles. The van der Waals surface area contributed by atoms with Gasteiger partial charge in [-0.2, -0.15) is 0 Å². The number of rotatable bonds is 5. The summed E-state index contributed by atoms with van der Waals surface area (Å²) in [6.07, 6.45) is 0. The number of nitrogens with zero attached hydrogens (tertiary/aromatic N) is 1. The second-order valence-corrected chi connectivity index (χ2v) is 3.66. The van der Waals surface area contributed by atoms with Crippen molar-refractivity contribution in [3.05, 3.63) is 29.8 Å². The molecule has 0 saturated heterocycles. The lowest BCUT2D eigenvalue weighted by molar-refractivity contribution is 0.0482. The number of esters is 1. The molecule has 1 aromatic carbocycles. The van der Waals surface area contributed by atoms with Crippen LogP contribution in [0.3, 0.4) is 0 Å². The fourth-order valence-electron chi connectivity index (χ4n) is 1.14. The first-order chi connectivity index (χ1) is 7.63. The summed E-state index contributed by atoms with van der Waals surface area (Å²) in [6.45, 7) is 1.09. The van der Waals surface area contributed by atoms with Gasteiger partial charge in [0, 0.05) is 12.2 Å². The molecule has 0 unspecified atom stereocenters. The molecule has 0 fully saturated rings. The summed E-state index contributed by atoms with van der Waals surface area (Å²) >= 11 is 0. The first-order valence-electron chi connectivity index (χ1n) is 5.02. The van der Waals surface area contributed by atoms with Crippen LogP contribution in [0.2, 0.25) is 0 Å². The van der Waals surface area contributed by atoms with Gasteiger partial charge in [-0.25, -0.2) is 4.79 Å². The van der Waals surface area contributed by atoms with E-state index < -0.39 is 0 Å². The summed E-state index contributed by atoms with van der Waals surface area (Å²) in [5.74, 6) is 4.92. The number of hydrogen-bond acceptors (Lipinski definition) is 5. The third kappa shape index (κ3) is 3.88. The summed E-state index contributed by atoms with van der Waals surface area (Å²) in [4.78, 5) is 13.5. The normalized spacial score (nSPS) is 10.2. The van der Waals surface area contributed by atoms with Crippen molar-refractivity contribution in [1.82, 2.24) is 4.90 Å². The molecule has 16 heavy (non-hydrogen) atoms. The lowest BCUT2D eigenvalue weighted by atomic mass is 10.2. The number of benzene rings is 1. The molecule has 0 amide bonds. The standard InChI is InChI=1S/C11H17N3O2/c1-14(2)6-7-16-11(15)9-4-3-5-10(8-9)13-12/h3-5,8,13H,6-7,12H2,1-2H3. The summed E-state index contributed by atoms with van der Waals surface area (Å²) in [7, 11) is 3.85. The molecule has 0 saturated carbocycles. The number of hydrogen-bond donors (Lipinski definition) is 2. The van der Waals surface area contributed by atoms with Crippen LogP contribution in [0.4, 0.5) is 5.69 Å². The fourth-order valence-corrected chi connectivity index (χ4v) is 1.14. The van der Waals surface area contributed by atoms with Crippen molar-refractivity contribution in [1.29, 1.82) is 0 Å². The third-order valence-corrected chi connectivity index (χ3v) is 2.04. The molecule has 0 radical (unpaired) electrons. The molecule has 0 heterocycles. The second kappa shape index (κ2) is 6.09. The highest BCUT2D eigenvalue weighted by atomic mass is 16.5. The van der Waals surface area contributed by atoms with Gasteiger partial charge in [0.25, 0.3) is 0 Å². The van der Waals surface area contributed by atoms with Gasteiger partial charge in [0.2, 0.25) is 0 Å². The number of ether oxygens (including phenoxy) is 1. The molecule has 0 bridgehead atoms. The molecular weight excluding hydrogens is 206 g/mol. The molecule has 0 aliphatic carbocycles. The lowest BCUT2D eigenvalue weighted by Gasteiger charge is -2.10. The number of nitrogens with one attached hydrogen (secondary N) is 1. The predicted octanol–water partition coefficient (Wildman–Crippen LogP) is 0.691. The molecule has 5 nitrogen and oxygen atoms in total. The van der Waals surface area contributed by atoms with Crippen molar-refractivity contribution in [2.24, 2.45) is 5.84 Å². The van der Waals surface area contributed by atoms with Crippen LogP contribution >= 0.6 is 0 Å². The molecule has 88 valence electrons. The summed E-state index contributed by atoms with van der Waals surface area (Å²) in [5, 5.41) is 0. The number of carbonyl (C=O) groups is 1. The SMILES string of the molecule is CN(C)CCOC(=O)c1cccc(NN)c1. The van der Waals surface area contributed by atoms with Crippen LogP contribution in [0.1, 0.15) is 10.4 Å². The third-order valence-electron chi connectivity index (χ3n) is 2.04. The predicted molar refractivity (Wildman–Crippen MR) is 63.1 cm³/mol. The minimum Gasteiger partial charge on any atom is -0.461 e. The van der Waals surface area contributed by atoms with E-state index in [2.05, 4.69) is 5.43 Å². The van der Waals surface area contributed by atoms with Crippen LogP contribution in [0.15, 0.2) is 24.3 Å². The largest absolute Gasteiger partial charge is 0.461 e. The Morgan fingerprint density at radius 3 is 2.88 bits per heavy atom. The topological polar surface area (TPSA) is 67.6 Å². The van der Waals surface area contributed by atoms with E-state index >= 15 is 0 Å². The van der Waals surface area contributed by atoms with E-state index in [0.717, 1.165) is 0 Å². The lowest BCUT2D eigenvalue weighted by Crippen LogP contribution is -2.20. The summed E-state index contributed by atoms with van der Waals surface area (Å²) in [5.41, 5.74) is 3.66. The minimum atomic E-state index is -0.334. The molecule has 0 aliphatic rings. The Hall–Kier alpha value is -1.59. The molecule has 3 N–H and O–H groups in total. The van der Waals surface area contributed by atoms with Gasteiger partial charge < -0.3 is 15.1 Å². The van der Waals surface area contributed by atoms with Crippen LogP contribution in [-0.2, 0) is 4.74 Å². The van der Waals surface area contributed by atoms with Gasteiger partial charge in [0.15, 0.2) is 0 Å². The van der Waals surface area contributed by atoms with Crippen LogP contribution in [0.5, 0.6) is 0 Å². The number of anilines is 1. The first kappa shape index (κ1) is 12.5. The van der Waals surface area contributed by atoms with E-state index in [4.69, 9.17) is 10.6 Å². The fraction of sp³-hybridized carbons (Fsp3) is 0.364. The average Bonchev–Trinajstić information content (AvgIpc) is 2.28. The van der Waals surface area contributed by atoms with Gasteiger partial charge in [0.05, 0.1) is 5.56 Å². The van der Waals surface area contributed by atoms with Crippen molar-refractivity contribution in [2.75, 3.05) is 32.7 Å². The zero-order valence-corrected chi connectivity index (χ0v) is 9.56. The van der Waals surface area contributed by atoms with E-state index in [0.29, 0.717) is 24.4 Å². The van der Waals surface area contributed by atoms with E-state index in [-0.39, 0.29) is 5.97 Å². The van der Waals surface area contributed by atoms with Crippen LogP contribution < -0.4 is 11.3 Å². The maximum absolute atomic E-state index is 11.6. The van der Waals surface area contributed by atoms with Crippen LogP contribution in [-0.4, -0.2) is 38.1 Å². The number of carbonyl (C=O) groups excluding carboxylic acids is 1. The first-order valence-corrected chi connectivity index (χ1v) is 5.02. The number of nitrogens with two attached hydrogens (primary N) is 1. The van der Waals surface area contributed by atoms with Gasteiger partial charge in [-0.1, -0.05) is 6.07 Å². The molecule has 0 spiro atoms. The van der Waals surface area contributed by atoms with E-state index in [1.54, 1.807) is 24.3 Å². The summed E-state index contributed by atoms with van der Waals surface area (Å²) < 4.78 is 5.09. The zero-order chi connectivity index (χ0) is 12.0. The van der Waals surface area contributed by atoms with E-state index in [1.807, 2.05) is 19.0 Å². The highest BCUT2D eigenvalue weighted by molar-refractivity contribution is 5.90. The van der Waals surface area contributed by atoms with Crippen molar-refractivity contribution in [3.63, 3.8) is 0 Å². The highest BCUT2D eigenvalue weighted by Crippen LogP contribution is 2.10. The van der Waals surface area contributed by atoms with Crippen LogP contribution in [0, 0.1) is 0 Å². The maximum atomic E-state index is 11.6. The molecule has 1 aromatic rings. The van der Waals surface area contributed by atoms with Gasteiger partial charge in [-0.15, -0.1) is 0 Å². The Bertz CT molecular complexity index is 353. The van der Waals surface area contributed by atoms with Gasteiger partial charge in [-0.05, 0) is 32.3 Å². The van der Waals surface area contributed by atoms with Crippen molar-refractivity contribution in [2.45, 2.75) is 0 Å². The molecular formula is C11H17N3O2.